The third-order valence-corrected chi connectivity index (χ3v) is 4.83. The van der Waals surface area contributed by atoms with Crippen LogP contribution in [0.25, 0.3) is 5.65 Å². The number of anilines is 1. The van der Waals surface area contributed by atoms with Crippen LogP contribution < -0.4 is 15.2 Å². The van der Waals surface area contributed by atoms with Gasteiger partial charge < -0.3 is 9.64 Å². The van der Waals surface area contributed by atoms with Crippen LogP contribution in [0.4, 0.5) is 5.82 Å². The minimum Gasteiger partial charge on any atom is -0.477 e. The molecule has 1 aliphatic rings. The van der Waals surface area contributed by atoms with Crippen molar-refractivity contribution in [3.05, 3.63) is 64.7 Å². The molecule has 0 aromatic carbocycles. The lowest BCUT2D eigenvalue weighted by atomic mass is 9.98. The van der Waals surface area contributed by atoms with Crippen molar-refractivity contribution in [2.24, 2.45) is 5.92 Å². The van der Waals surface area contributed by atoms with Crippen molar-refractivity contribution in [2.75, 3.05) is 24.6 Å². The zero-order valence-electron chi connectivity index (χ0n) is 14.8. The van der Waals surface area contributed by atoms with Gasteiger partial charge >= 0.3 is 0 Å². The molecule has 0 amide bonds. The van der Waals surface area contributed by atoms with Crippen LogP contribution in [0, 0.1) is 12.8 Å². The van der Waals surface area contributed by atoms with Gasteiger partial charge in [-0.3, -0.25) is 9.20 Å². The highest BCUT2D eigenvalue weighted by atomic mass is 16.5. The number of rotatable bonds is 4. The SMILES string of the molecule is Cc1cccc(OCC2CCN(c3cc(=O)n4ccccc4n3)CC2)n1. The fraction of sp³-hybridized carbons (Fsp3) is 0.350. The molecule has 0 spiro atoms. The maximum atomic E-state index is 12.3. The molecule has 0 saturated carbocycles. The van der Waals surface area contributed by atoms with Crippen molar-refractivity contribution in [1.82, 2.24) is 14.4 Å². The summed E-state index contributed by atoms with van der Waals surface area (Å²) < 4.78 is 7.41. The third-order valence-electron chi connectivity index (χ3n) is 4.83. The lowest BCUT2D eigenvalue weighted by Crippen LogP contribution is -2.37. The van der Waals surface area contributed by atoms with Crippen LogP contribution in [0.15, 0.2) is 53.5 Å². The molecule has 6 heteroatoms. The normalized spacial score (nSPS) is 15.3. The number of aryl methyl sites for hydroxylation is 1. The number of hydrogen-bond acceptors (Lipinski definition) is 5. The third kappa shape index (κ3) is 3.54. The predicted octanol–water partition coefficient (Wildman–Crippen LogP) is 2.69. The van der Waals surface area contributed by atoms with Crippen LogP contribution in [0.2, 0.25) is 0 Å². The Bertz CT molecular complexity index is 961. The fourth-order valence-corrected chi connectivity index (χ4v) is 3.33. The summed E-state index contributed by atoms with van der Waals surface area (Å²) in [5, 5.41) is 0. The maximum absolute atomic E-state index is 12.3. The van der Waals surface area contributed by atoms with Gasteiger partial charge in [-0.2, -0.15) is 0 Å². The Morgan fingerprint density at radius 1 is 1.12 bits per heavy atom. The second-order valence-corrected chi connectivity index (χ2v) is 6.74. The molecule has 4 rings (SSSR count). The van der Waals surface area contributed by atoms with Gasteiger partial charge in [-0.05, 0) is 43.9 Å². The minimum atomic E-state index is -0.0402. The van der Waals surface area contributed by atoms with Crippen LogP contribution in [0.5, 0.6) is 5.88 Å². The van der Waals surface area contributed by atoms with Crippen molar-refractivity contribution in [2.45, 2.75) is 19.8 Å². The summed E-state index contributed by atoms with van der Waals surface area (Å²) in [4.78, 5) is 23.5. The van der Waals surface area contributed by atoms with Crippen LogP contribution in [-0.4, -0.2) is 34.1 Å². The number of nitrogens with zero attached hydrogens (tertiary/aromatic N) is 4. The van der Waals surface area contributed by atoms with E-state index in [9.17, 15) is 4.79 Å². The first-order valence-electron chi connectivity index (χ1n) is 8.99. The number of pyridine rings is 2. The van der Waals surface area contributed by atoms with Crippen molar-refractivity contribution in [3.63, 3.8) is 0 Å². The molecule has 1 saturated heterocycles. The smallest absolute Gasteiger partial charge is 0.259 e. The van der Waals surface area contributed by atoms with Crippen LogP contribution in [-0.2, 0) is 0 Å². The van der Waals surface area contributed by atoms with Gasteiger partial charge in [0.25, 0.3) is 5.56 Å². The first-order chi connectivity index (χ1) is 12.7. The molecule has 3 aromatic heterocycles. The van der Waals surface area contributed by atoms with E-state index in [0.717, 1.165) is 37.4 Å². The van der Waals surface area contributed by atoms with Crippen LogP contribution in [0.3, 0.4) is 0 Å². The standard InChI is InChI=1S/C20H22N4O2/c1-15-5-4-7-19(21-15)26-14-16-8-11-23(12-9-16)18-13-20(25)24-10-3-2-6-17(24)22-18/h2-7,10,13,16H,8-9,11-12,14H2,1H3. The maximum Gasteiger partial charge on any atom is 0.259 e. The van der Waals surface area contributed by atoms with E-state index >= 15 is 0 Å². The molecule has 3 aromatic rings. The van der Waals surface area contributed by atoms with Gasteiger partial charge in [-0.1, -0.05) is 12.1 Å². The molecule has 0 unspecified atom stereocenters. The highest BCUT2D eigenvalue weighted by Crippen LogP contribution is 2.22. The van der Waals surface area contributed by atoms with E-state index in [0.29, 0.717) is 24.1 Å². The van der Waals surface area contributed by atoms with Crippen LogP contribution in [0.1, 0.15) is 18.5 Å². The zero-order chi connectivity index (χ0) is 17.9. The Kier molecular flexibility index (Phi) is 4.56. The summed E-state index contributed by atoms with van der Waals surface area (Å²) in [6.07, 6.45) is 3.78. The molecule has 0 N–H and O–H groups in total. The van der Waals surface area contributed by atoms with Gasteiger partial charge in [0, 0.05) is 37.1 Å². The summed E-state index contributed by atoms with van der Waals surface area (Å²) in [6.45, 7) is 4.40. The van der Waals surface area contributed by atoms with E-state index in [1.807, 2.05) is 43.3 Å². The Hall–Kier alpha value is -2.89. The second kappa shape index (κ2) is 7.15. The molecule has 1 aliphatic heterocycles. The molecule has 1 fully saturated rings. The average molecular weight is 350 g/mol. The summed E-state index contributed by atoms with van der Waals surface area (Å²) in [5.41, 5.74) is 1.61. The molecule has 0 aliphatic carbocycles. The van der Waals surface area contributed by atoms with Crippen LogP contribution >= 0.6 is 0 Å². The zero-order valence-corrected chi connectivity index (χ0v) is 14.8. The number of aromatic nitrogens is 3. The van der Waals surface area contributed by atoms with E-state index in [4.69, 9.17) is 4.74 Å². The van der Waals surface area contributed by atoms with Crippen molar-refractivity contribution < 1.29 is 4.74 Å². The van der Waals surface area contributed by atoms with E-state index < -0.39 is 0 Å². The quantitative estimate of drug-likeness (QED) is 0.724. The Labute approximate surface area is 152 Å². The molecule has 4 heterocycles. The number of fused-ring (bicyclic) bond motifs is 1. The Morgan fingerprint density at radius 2 is 1.96 bits per heavy atom. The monoisotopic (exact) mass is 350 g/mol. The van der Waals surface area contributed by atoms with E-state index in [1.54, 1.807) is 16.7 Å². The lowest BCUT2D eigenvalue weighted by Gasteiger charge is -2.32. The summed E-state index contributed by atoms with van der Waals surface area (Å²) in [5.74, 6) is 1.95. The summed E-state index contributed by atoms with van der Waals surface area (Å²) in [6, 6.07) is 13.0. The second-order valence-electron chi connectivity index (χ2n) is 6.74. The van der Waals surface area contributed by atoms with E-state index in [-0.39, 0.29) is 5.56 Å². The van der Waals surface area contributed by atoms with Crippen molar-refractivity contribution in [3.8, 4) is 5.88 Å². The Morgan fingerprint density at radius 3 is 2.77 bits per heavy atom. The first kappa shape index (κ1) is 16.6. The largest absolute Gasteiger partial charge is 0.477 e. The van der Waals surface area contributed by atoms with Gasteiger partial charge in [0.15, 0.2) is 0 Å². The number of ether oxygens (including phenoxy) is 1. The molecule has 134 valence electrons. The molecule has 0 atom stereocenters. The van der Waals surface area contributed by atoms with E-state index in [1.165, 1.54) is 0 Å². The van der Waals surface area contributed by atoms with Gasteiger partial charge in [-0.15, -0.1) is 0 Å². The molecular formula is C20H22N4O2. The highest BCUT2D eigenvalue weighted by Gasteiger charge is 2.21. The fourth-order valence-electron chi connectivity index (χ4n) is 3.33. The lowest BCUT2D eigenvalue weighted by molar-refractivity contribution is 0.215. The first-order valence-corrected chi connectivity index (χ1v) is 8.99. The predicted molar refractivity (Wildman–Crippen MR) is 101 cm³/mol. The van der Waals surface area contributed by atoms with Gasteiger partial charge in [0.05, 0.1) is 6.61 Å². The van der Waals surface area contributed by atoms with Crippen molar-refractivity contribution in [1.29, 1.82) is 0 Å². The summed E-state index contributed by atoms with van der Waals surface area (Å²) in [7, 11) is 0. The average Bonchev–Trinajstić information content (AvgIpc) is 2.67. The molecule has 6 nitrogen and oxygen atoms in total. The number of hydrogen-bond donors (Lipinski definition) is 0. The van der Waals surface area contributed by atoms with Crippen molar-refractivity contribution >= 4 is 11.5 Å². The Balaban J connectivity index is 1.38. The molecule has 0 radical (unpaired) electrons. The topological polar surface area (TPSA) is 59.7 Å². The minimum absolute atomic E-state index is 0.0402. The van der Waals surface area contributed by atoms with Gasteiger partial charge in [-0.25, -0.2) is 9.97 Å². The number of piperidine rings is 1. The van der Waals surface area contributed by atoms with E-state index in [2.05, 4.69) is 14.9 Å². The molecule has 0 bridgehead atoms. The highest BCUT2D eigenvalue weighted by molar-refractivity contribution is 5.48. The molecule has 26 heavy (non-hydrogen) atoms. The van der Waals surface area contributed by atoms with Gasteiger partial charge in [0.2, 0.25) is 5.88 Å². The van der Waals surface area contributed by atoms with Gasteiger partial charge in [0.1, 0.15) is 11.5 Å². The molecular weight excluding hydrogens is 328 g/mol. The summed E-state index contributed by atoms with van der Waals surface area (Å²) >= 11 is 0.